The molecular weight excluding hydrogens is 290 g/mol. The molecule has 2 rings (SSSR count). The van der Waals surface area contributed by atoms with Crippen LogP contribution in [-0.4, -0.2) is 41.6 Å². The van der Waals surface area contributed by atoms with Crippen LogP contribution in [0.3, 0.4) is 0 Å². The second kappa shape index (κ2) is 7.58. The molecule has 0 aromatic carbocycles. The third-order valence-electron chi connectivity index (χ3n) is 4.76. The smallest absolute Gasteiger partial charge is 0.304 e. The Kier molecular flexibility index (Phi) is 6.05. The normalized spacial score (nSPS) is 22.5. The molecule has 0 saturated heterocycles. The van der Waals surface area contributed by atoms with Gasteiger partial charge in [-0.3, -0.25) is 4.79 Å². The van der Waals surface area contributed by atoms with Crippen LogP contribution in [-0.2, 0) is 14.8 Å². The molecule has 1 N–H and O–H groups in total. The number of rotatable bonds is 6. The predicted octanol–water partition coefficient (Wildman–Crippen LogP) is 2.76. The van der Waals surface area contributed by atoms with Crippen LogP contribution < -0.4 is 0 Å². The highest BCUT2D eigenvalue weighted by atomic mass is 32.2. The van der Waals surface area contributed by atoms with Gasteiger partial charge >= 0.3 is 5.97 Å². The second-order valence-corrected chi connectivity index (χ2v) is 8.37. The first-order valence-electron chi connectivity index (χ1n) is 8.24. The molecule has 0 bridgehead atoms. The maximum Gasteiger partial charge on any atom is 0.304 e. The SMILES string of the molecule is O=C(O)CCS(=O)(=O)N(C1CCCCC1)C1CCCCC1. The Hall–Kier alpha value is -0.620. The van der Waals surface area contributed by atoms with Crippen molar-refractivity contribution in [2.75, 3.05) is 5.75 Å². The molecular formula is C15H27NO4S. The molecule has 0 heterocycles. The molecule has 21 heavy (non-hydrogen) atoms. The summed E-state index contributed by atoms with van der Waals surface area (Å²) < 4.78 is 27.1. The summed E-state index contributed by atoms with van der Waals surface area (Å²) >= 11 is 0. The van der Waals surface area contributed by atoms with Crippen molar-refractivity contribution in [3.8, 4) is 0 Å². The van der Waals surface area contributed by atoms with Crippen LogP contribution in [0.2, 0.25) is 0 Å². The Bertz CT molecular complexity index is 419. The maximum absolute atomic E-state index is 12.7. The fourth-order valence-electron chi connectivity index (χ4n) is 3.75. The molecule has 0 amide bonds. The van der Waals surface area contributed by atoms with E-state index < -0.39 is 16.0 Å². The average molecular weight is 317 g/mol. The summed E-state index contributed by atoms with van der Waals surface area (Å²) in [5, 5.41) is 8.80. The molecule has 5 nitrogen and oxygen atoms in total. The Labute approximate surface area is 127 Å². The molecule has 6 heteroatoms. The molecule has 0 spiro atoms. The van der Waals surface area contributed by atoms with Crippen LogP contribution in [0.15, 0.2) is 0 Å². The van der Waals surface area contributed by atoms with E-state index in [0.29, 0.717) is 0 Å². The van der Waals surface area contributed by atoms with Gasteiger partial charge in [-0.2, -0.15) is 4.31 Å². The molecule has 2 saturated carbocycles. The predicted molar refractivity (Wildman–Crippen MR) is 81.6 cm³/mol. The van der Waals surface area contributed by atoms with E-state index in [-0.39, 0.29) is 24.3 Å². The molecule has 0 aromatic rings. The van der Waals surface area contributed by atoms with Crippen molar-refractivity contribution in [1.29, 1.82) is 0 Å². The lowest BCUT2D eigenvalue weighted by Gasteiger charge is -2.40. The Morgan fingerprint density at radius 3 is 1.71 bits per heavy atom. The lowest BCUT2D eigenvalue weighted by molar-refractivity contribution is -0.136. The topological polar surface area (TPSA) is 74.7 Å². The highest BCUT2D eigenvalue weighted by Crippen LogP contribution is 2.32. The summed E-state index contributed by atoms with van der Waals surface area (Å²) in [4.78, 5) is 10.7. The molecule has 0 radical (unpaired) electrons. The van der Waals surface area contributed by atoms with Gasteiger partial charge in [0.1, 0.15) is 0 Å². The molecule has 2 fully saturated rings. The largest absolute Gasteiger partial charge is 0.481 e. The van der Waals surface area contributed by atoms with Crippen LogP contribution in [0.25, 0.3) is 0 Å². The lowest BCUT2D eigenvalue weighted by atomic mass is 9.91. The summed E-state index contributed by atoms with van der Waals surface area (Å²) in [6, 6.07) is 0.196. The van der Waals surface area contributed by atoms with E-state index in [1.54, 1.807) is 4.31 Å². The van der Waals surface area contributed by atoms with Gasteiger partial charge in [0.15, 0.2) is 0 Å². The van der Waals surface area contributed by atoms with Crippen molar-refractivity contribution < 1.29 is 18.3 Å². The summed E-state index contributed by atoms with van der Waals surface area (Å²) in [6.45, 7) is 0. The third kappa shape index (κ3) is 4.68. The number of carboxylic acid groups (broad SMARTS) is 1. The van der Waals surface area contributed by atoms with Gasteiger partial charge in [0.2, 0.25) is 10.0 Å². The highest BCUT2D eigenvalue weighted by Gasteiger charge is 2.37. The molecule has 0 aliphatic heterocycles. The van der Waals surface area contributed by atoms with Crippen molar-refractivity contribution in [2.45, 2.75) is 82.7 Å². The molecule has 122 valence electrons. The first-order valence-corrected chi connectivity index (χ1v) is 9.84. The number of aliphatic carboxylic acids is 1. The quantitative estimate of drug-likeness (QED) is 0.817. The van der Waals surface area contributed by atoms with Crippen molar-refractivity contribution in [2.24, 2.45) is 0 Å². The Morgan fingerprint density at radius 1 is 0.905 bits per heavy atom. The Morgan fingerprint density at radius 2 is 1.33 bits per heavy atom. The lowest BCUT2D eigenvalue weighted by Crippen LogP contribution is -2.49. The zero-order chi connectivity index (χ0) is 15.3. The van der Waals surface area contributed by atoms with Crippen LogP contribution in [0.4, 0.5) is 0 Å². The van der Waals surface area contributed by atoms with Crippen LogP contribution in [0.1, 0.15) is 70.6 Å². The van der Waals surface area contributed by atoms with Gasteiger partial charge in [-0.15, -0.1) is 0 Å². The standard InChI is InChI=1S/C15H27NO4S/c17-15(18)11-12-21(19,20)16(13-7-3-1-4-8-13)14-9-5-2-6-10-14/h13-14H,1-12H2,(H,17,18). The average Bonchev–Trinajstić information content (AvgIpc) is 2.47. The maximum atomic E-state index is 12.7. The molecule has 0 aromatic heterocycles. The first-order chi connectivity index (χ1) is 10.0. The zero-order valence-electron chi connectivity index (χ0n) is 12.7. The van der Waals surface area contributed by atoms with Crippen molar-refractivity contribution in [3.05, 3.63) is 0 Å². The summed E-state index contributed by atoms with van der Waals surface area (Å²) in [5.74, 6) is -1.29. The van der Waals surface area contributed by atoms with Crippen molar-refractivity contribution in [3.63, 3.8) is 0 Å². The van der Waals surface area contributed by atoms with Crippen LogP contribution in [0, 0.1) is 0 Å². The second-order valence-electron chi connectivity index (χ2n) is 6.37. The number of nitrogens with zero attached hydrogens (tertiary/aromatic N) is 1. The van der Waals surface area contributed by atoms with Gasteiger partial charge in [0.25, 0.3) is 0 Å². The number of hydrogen-bond acceptors (Lipinski definition) is 3. The van der Waals surface area contributed by atoms with Gasteiger partial charge in [-0.05, 0) is 25.7 Å². The zero-order valence-corrected chi connectivity index (χ0v) is 13.5. The van der Waals surface area contributed by atoms with E-state index >= 15 is 0 Å². The number of carbonyl (C=O) groups is 1. The minimum absolute atomic E-state index is 0.0978. The number of hydrogen-bond donors (Lipinski definition) is 1. The third-order valence-corrected chi connectivity index (χ3v) is 6.72. The minimum atomic E-state index is -3.46. The summed E-state index contributed by atoms with van der Waals surface area (Å²) in [5.41, 5.74) is 0. The van der Waals surface area contributed by atoms with Gasteiger partial charge < -0.3 is 5.11 Å². The van der Waals surface area contributed by atoms with E-state index in [0.717, 1.165) is 51.4 Å². The van der Waals surface area contributed by atoms with Gasteiger partial charge in [0.05, 0.1) is 12.2 Å². The van der Waals surface area contributed by atoms with Gasteiger partial charge in [0, 0.05) is 12.1 Å². The van der Waals surface area contributed by atoms with E-state index in [9.17, 15) is 13.2 Å². The molecule has 0 atom stereocenters. The minimum Gasteiger partial charge on any atom is -0.481 e. The number of sulfonamides is 1. The van der Waals surface area contributed by atoms with Crippen LogP contribution in [0.5, 0.6) is 0 Å². The fourth-order valence-corrected chi connectivity index (χ4v) is 5.72. The highest BCUT2D eigenvalue weighted by molar-refractivity contribution is 7.89. The van der Waals surface area contributed by atoms with E-state index in [1.165, 1.54) is 12.8 Å². The molecule has 2 aliphatic carbocycles. The fraction of sp³-hybridized carbons (Fsp3) is 0.933. The van der Waals surface area contributed by atoms with E-state index in [4.69, 9.17) is 5.11 Å². The van der Waals surface area contributed by atoms with E-state index in [2.05, 4.69) is 0 Å². The molecule has 0 unspecified atom stereocenters. The monoisotopic (exact) mass is 317 g/mol. The summed E-state index contributed by atoms with van der Waals surface area (Å²) in [6.07, 6.45) is 10.2. The Balaban J connectivity index is 2.14. The van der Waals surface area contributed by atoms with E-state index in [1.807, 2.05) is 0 Å². The van der Waals surface area contributed by atoms with Crippen molar-refractivity contribution in [1.82, 2.24) is 4.31 Å². The molecule has 2 aliphatic rings. The number of carboxylic acids is 1. The van der Waals surface area contributed by atoms with Crippen LogP contribution >= 0.6 is 0 Å². The van der Waals surface area contributed by atoms with Gasteiger partial charge in [-0.1, -0.05) is 38.5 Å². The summed E-state index contributed by atoms with van der Waals surface area (Å²) in [7, 11) is -3.46. The van der Waals surface area contributed by atoms with Gasteiger partial charge in [-0.25, -0.2) is 8.42 Å². The van der Waals surface area contributed by atoms with Crippen molar-refractivity contribution >= 4 is 16.0 Å². The first kappa shape index (κ1) is 16.7.